The van der Waals surface area contributed by atoms with Gasteiger partial charge in [-0.1, -0.05) is 12.1 Å². The van der Waals surface area contributed by atoms with Gasteiger partial charge in [-0.05, 0) is 40.0 Å². The van der Waals surface area contributed by atoms with E-state index in [-0.39, 0.29) is 17.4 Å². The van der Waals surface area contributed by atoms with Crippen molar-refractivity contribution in [1.82, 2.24) is 19.8 Å². The first-order valence-electron chi connectivity index (χ1n) is 11.7. The lowest BCUT2D eigenvalue weighted by molar-refractivity contribution is 0.0886. The van der Waals surface area contributed by atoms with E-state index in [0.717, 1.165) is 13.1 Å². The van der Waals surface area contributed by atoms with Crippen molar-refractivity contribution in [2.24, 2.45) is 0 Å². The number of aryl methyl sites for hydroxylation is 1. The van der Waals surface area contributed by atoms with Gasteiger partial charge in [0, 0.05) is 42.7 Å². The minimum absolute atomic E-state index is 0.00540. The highest BCUT2D eigenvalue weighted by atomic mass is 19.1. The van der Waals surface area contributed by atoms with E-state index < -0.39 is 18.0 Å². The molecular formula is C26H29FN6O3. The number of carbonyl (C=O) groups is 1. The van der Waals surface area contributed by atoms with Gasteiger partial charge in [-0.3, -0.25) is 0 Å². The zero-order valence-electron chi connectivity index (χ0n) is 21.0. The molecule has 0 radical (unpaired) electrons. The highest BCUT2D eigenvalue weighted by Gasteiger charge is 2.28. The summed E-state index contributed by atoms with van der Waals surface area (Å²) < 4.78 is 26.1. The summed E-state index contributed by atoms with van der Waals surface area (Å²) >= 11 is 0. The Hall–Kier alpha value is -3.97. The number of piperazine rings is 1. The average Bonchev–Trinajstić information content (AvgIpc) is 2.83. The fraction of sp³-hybridized carbons (Fsp3) is 0.385. The maximum absolute atomic E-state index is 14.8. The number of nitrogens with zero attached hydrogens (tertiary/aromatic N) is 5. The summed E-state index contributed by atoms with van der Waals surface area (Å²) in [5.41, 5.74) is 0.887. The number of nitrogens with one attached hydrogen (secondary N) is 1. The van der Waals surface area contributed by atoms with E-state index in [1.165, 1.54) is 13.2 Å². The molecule has 0 aliphatic carbocycles. The number of aromatic nitrogens is 2. The molecule has 1 N–H and O–H groups in total. The number of nitriles is 1. The number of halogens is 1. The summed E-state index contributed by atoms with van der Waals surface area (Å²) in [6.45, 7) is 7.59. The lowest BCUT2D eigenvalue weighted by Crippen LogP contribution is -2.53. The number of ether oxygens (including phenoxy) is 2. The Bertz CT molecular complexity index is 1340. The molecular weight excluding hydrogens is 463 g/mol. The van der Waals surface area contributed by atoms with Crippen LogP contribution in [-0.4, -0.2) is 65.7 Å². The third kappa shape index (κ3) is 5.02. The Balaban J connectivity index is 1.69. The SMILES string of the molecule is COc1cc2nc(C)nc(NC(C)c3cccc(C#N)c3F)c2cc1OC(=O)N1CCN(C)CC1C. The standard InChI is InChI=1S/C26H29FN6O3/c1-15-14-32(4)9-10-33(15)26(34)36-23-11-20-21(12-22(23)35-5)30-17(3)31-25(20)29-16(2)19-8-6-7-18(13-28)24(19)27/h6-8,11-12,15-16H,9-10,14H2,1-5H3,(H,29,30,31). The van der Waals surface area contributed by atoms with Crippen molar-refractivity contribution < 1.29 is 18.7 Å². The molecule has 4 rings (SSSR count). The predicted octanol–water partition coefficient (Wildman–Crippen LogP) is 4.27. The van der Waals surface area contributed by atoms with Crippen molar-refractivity contribution in [2.45, 2.75) is 32.9 Å². The van der Waals surface area contributed by atoms with Crippen molar-refractivity contribution in [3.05, 3.63) is 53.1 Å². The predicted molar refractivity (Wildman–Crippen MR) is 134 cm³/mol. The number of rotatable bonds is 5. The van der Waals surface area contributed by atoms with Crippen LogP contribution >= 0.6 is 0 Å². The van der Waals surface area contributed by atoms with E-state index in [4.69, 9.17) is 9.47 Å². The fourth-order valence-electron chi connectivity index (χ4n) is 4.42. The topological polar surface area (TPSA) is 104 Å². The van der Waals surface area contributed by atoms with E-state index in [9.17, 15) is 14.4 Å². The van der Waals surface area contributed by atoms with E-state index in [1.807, 2.05) is 20.0 Å². The van der Waals surface area contributed by atoms with Gasteiger partial charge in [0.1, 0.15) is 23.5 Å². The van der Waals surface area contributed by atoms with Gasteiger partial charge in [-0.15, -0.1) is 0 Å². The minimum atomic E-state index is -0.576. The first-order chi connectivity index (χ1) is 17.2. The van der Waals surface area contributed by atoms with Crippen molar-refractivity contribution >= 4 is 22.8 Å². The molecule has 2 atom stereocenters. The third-order valence-corrected chi connectivity index (χ3v) is 6.32. The molecule has 36 heavy (non-hydrogen) atoms. The molecule has 1 aromatic heterocycles. The van der Waals surface area contributed by atoms with Gasteiger partial charge in [0.15, 0.2) is 11.5 Å². The van der Waals surface area contributed by atoms with Crippen molar-refractivity contribution in [1.29, 1.82) is 5.26 Å². The molecule has 9 nitrogen and oxygen atoms in total. The summed E-state index contributed by atoms with van der Waals surface area (Å²) in [6, 6.07) is 9.41. The van der Waals surface area contributed by atoms with Crippen molar-refractivity contribution in [2.75, 3.05) is 39.1 Å². The molecule has 0 bridgehead atoms. The van der Waals surface area contributed by atoms with Gasteiger partial charge < -0.3 is 24.6 Å². The Kier molecular flexibility index (Phi) is 7.22. The number of hydrogen-bond donors (Lipinski definition) is 1. The quantitative estimate of drug-likeness (QED) is 0.563. The first-order valence-corrected chi connectivity index (χ1v) is 11.7. The normalized spacial score (nSPS) is 16.9. The number of amides is 1. The first kappa shape index (κ1) is 25.1. The Morgan fingerprint density at radius 3 is 2.75 bits per heavy atom. The van der Waals surface area contributed by atoms with Crippen LogP contribution in [0.3, 0.4) is 0 Å². The van der Waals surface area contributed by atoms with Crippen molar-refractivity contribution in [3.8, 4) is 17.6 Å². The second-order valence-electron chi connectivity index (χ2n) is 9.00. The lowest BCUT2D eigenvalue weighted by atomic mass is 10.0. The van der Waals surface area contributed by atoms with Gasteiger partial charge in [0.05, 0.1) is 24.2 Å². The number of hydrogen-bond acceptors (Lipinski definition) is 8. The molecule has 3 aromatic rings. The Morgan fingerprint density at radius 2 is 2.06 bits per heavy atom. The zero-order chi connectivity index (χ0) is 26.0. The van der Waals surface area contributed by atoms with E-state index >= 15 is 0 Å². The van der Waals surface area contributed by atoms with Crippen LogP contribution in [0, 0.1) is 24.1 Å². The highest BCUT2D eigenvalue weighted by molar-refractivity contribution is 5.92. The van der Waals surface area contributed by atoms with E-state index in [0.29, 0.717) is 40.4 Å². The van der Waals surface area contributed by atoms with Crippen LogP contribution in [0.25, 0.3) is 10.9 Å². The van der Waals surface area contributed by atoms with E-state index in [2.05, 4.69) is 20.2 Å². The van der Waals surface area contributed by atoms with Crippen LogP contribution in [0.4, 0.5) is 15.0 Å². The number of benzene rings is 2. The molecule has 1 saturated heterocycles. The highest BCUT2D eigenvalue weighted by Crippen LogP contribution is 2.36. The van der Waals surface area contributed by atoms with Crippen LogP contribution in [0.1, 0.15) is 36.8 Å². The maximum atomic E-state index is 14.8. The largest absolute Gasteiger partial charge is 0.493 e. The summed E-state index contributed by atoms with van der Waals surface area (Å²) in [7, 11) is 3.52. The summed E-state index contributed by atoms with van der Waals surface area (Å²) in [5.74, 6) is 0.971. The Morgan fingerprint density at radius 1 is 1.28 bits per heavy atom. The zero-order valence-corrected chi connectivity index (χ0v) is 21.0. The molecule has 2 unspecified atom stereocenters. The molecule has 188 valence electrons. The average molecular weight is 493 g/mol. The number of fused-ring (bicyclic) bond motifs is 1. The number of methoxy groups -OCH3 is 1. The molecule has 10 heteroatoms. The molecule has 1 aliphatic heterocycles. The minimum Gasteiger partial charge on any atom is -0.493 e. The molecule has 2 aromatic carbocycles. The fourth-order valence-corrected chi connectivity index (χ4v) is 4.42. The van der Waals surface area contributed by atoms with Crippen molar-refractivity contribution in [3.63, 3.8) is 0 Å². The molecule has 1 fully saturated rings. The number of carbonyl (C=O) groups excluding carboxylic acids is 1. The maximum Gasteiger partial charge on any atom is 0.415 e. The van der Waals surface area contributed by atoms with E-state index in [1.54, 1.807) is 43.0 Å². The van der Waals surface area contributed by atoms with Crippen LogP contribution in [0.5, 0.6) is 11.5 Å². The van der Waals surface area contributed by atoms with Crippen LogP contribution < -0.4 is 14.8 Å². The summed E-state index contributed by atoms with van der Waals surface area (Å²) in [4.78, 5) is 25.9. The molecule has 1 amide bonds. The third-order valence-electron chi connectivity index (χ3n) is 6.32. The van der Waals surface area contributed by atoms with Gasteiger partial charge >= 0.3 is 6.09 Å². The monoisotopic (exact) mass is 492 g/mol. The van der Waals surface area contributed by atoms with Gasteiger partial charge in [0.2, 0.25) is 0 Å². The Labute approximate surface area is 209 Å². The second kappa shape index (κ2) is 10.3. The molecule has 2 heterocycles. The van der Waals surface area contributed by atoms with Crippen LogP contribution in [0.2, 0.25) is 0 Å². The summed E-state index contributed by atoms with van der Waals surface area (Å²) in [6.07, 6.45) is -0.459. The summed E-state index contributed by atoms with van der Waals surface area (Å²) in [5, 5.41) is 13.0. The van der Waals surface area contributed by atoms with Gasteiger partial charge in [-0.25, -0.2) is 19.2 Å². The van der Waals surface area contributed by atoms with Crippen LogP contribution in [-0.2, 0) is 0 Å². The van der Waals surface area contributed by atoms with Gasteiger partial charge in [-0.2, -0.15) is 5.26 Å². The molecule has 0 spiro atoms. The smallest absolute Gasteiger partial charge is 0.415 e. The van der Waals surface area contributed by atoms with Gasteiger partial charge in [0.25, 0.3) is 0 Å². The molecule has 1 aliphatic rings. The molecule has 0 saturated carbocycles. The number of anilines is 1. The van der Waals surface area contributed by atoms with Crippen LogP contribution in [0.15, 0.2) is 30.3 Å². The number of likely N-dealkylation sites (N-methyl/N-ethyl adjacent to an activating group) is 1. The lowest BCUT2D eigenvalue weighted by Gasteiger charge is -2.37. The second-order valence-corrected chi connectivity index (χ2v) is 9.00.